The highest BCUT2D eigenvalue weighted by Crippen LogP contribution is 2.23. The van der Waals surface area contributed by atoms with Gasteiger partial charge in [0.2, 0.25) is 0 Å². The third kappa shape index (κ3) is 6.81. The molecule has 102 valence electrons. The highest BCUT2D eigenvalue weighted by molar-refractivity contribution is 9.10. The fourth-order valence-electron chi connectivity index (χ4n) is 1.80. The zero-order valence-corrected chi connectivity index (χ0v) is 13.8. The molecular weight excluding hydrogens is 306 g/mol. The fourth-order valence-corrected chi connectivity index (χ4v) is 3.41. The minimum absolute atomic E-state index is 0.647. The number of hydrogen-bond acceptors (Lipinski definition) is 2. The van der Waals surface area contributed by atoms with Crippen molar-refractivity contribution in [2.45, 2.75) is 50.5 Å². The predicted octanol–water partition coefficient (Wildman–Crippen LogP) is 5.10. The zero-order chi connectivity index (χ0) is 13.2. The molecule has 0 aliphatic rings. The Morgan fingerprint density at radius 2 is 2.11 bits per heavy atom. The van der Waals surface area contributed by atoms with Crippen molar-refractivity contribution in [3.05, 3.63) is 28.7 Å². The number of unbranched alkanes of at least 4 members (excludes halogenated alkanes) is 1. The monoisotopic (exact) mass is 329 g/mol. The highest BCUT2D eigenvalue weighted by atomic mass is 79.9. The molecule has 1 N–H and O–H groups in total. The first-order chi connectivity index (χ1) is 8.76. The standard InChI is InChI=1S/C15H24BrNS/c1-3-5-8-14(17-10-4-2)12-18-15-9-6-7-13(16)11-15/h6-7,9,11,14,17H,3-5,8,10,12H2,1-2H3. The molecule has 0 spiro atoms. The van der Waals surface area contributed by atoms with Gasteiger partial charge >= 0.3 is 0 Å². The van der Waals surface area contributed by atoms with Crippen LogP contribution < -0.4 is 5.32 Å². The number of nitrogens with one attached hydrogen (secondary N) is 1. The van der Waals surface area contributed by atoms with Crippen molar-refractivity contribution in [2.75, 3.05) is 12.3 Å². The molecule has 1 rings (SSSR count). The molecule has 3 heteroatoms. The predicted molar refractivity (Wildman–Crippen MR) is 86.5 cm³/mol. The molecule has 0 radical (unpaired) electrons. The summed E-state index contributed by atoms with van der Waals surface area (Å²) in [5.41, 5.74) is 0. The van der Waals surface area contributed by atoms with Crippen LogP contribution in [0.4, 0.5) is 0 Å². The van der Waals surface area contributed by atoms with Crippen molar-refractivity contribution in [1.29, 1.82) is 0 Å². The fraction of sp³-hybridized carbons (Fsp3) is 0.600. The van der Waals surface area contributed by atoms with E-state index in [0.29, 0.717) is 6.04 Å². The average Bonchev–Trinajstić information content (AvgIpc) is 2.38. The van der Waals surface area contributed by atoms with Crippen LogP contribution in [0.3, 0.4) is 0 Å². The highest BCUT2D eigenvalue weighted by Gasteiger charge is 2.07. The van der Waals surface area contributed by atoms with Gasteiger partial charge in [0.05, 0.1) is 0 Å². The molecule has 0 bridgehead atoms. The Morgan fingerprint density at radius 1 is 1.28 bits per heavy atom. The van der Waals surface area contributed by atoms with Gasteiger partial charge in [-0.25, -0.2) is 0 Å². The SMILES string of the molecule is CCCCC(CSc1cccc(Br)c1)NCCC. The molecule has 1 aromatic carbocycles. The maximum atomic E-state index is 3.66. The Hall–Kier alpha value is 0.01000. The van der Waals surface area contributed by atoms with E-state index in [2.05, 4.69) is 59.4 Å². The van der Waals surface area contributed by atoms with Gasteiger partial charge in [-0.15, -0.1) is 11.8 Å². The van der Waals surface area contributed by atoms with E-state index in [9.17, 15) is 0 Å². The summed E-state index contributed by atoms with van der Waals surface area (Å²) in [6.07, 6.45) is 5.11. The van der Waals surface area contributed by atoms with E-state index in [1.807, 2.05) is 11.8 Å². The first-order valence-electron chi connectivity index (χ1n) is 6.88. The van der Waals surface area contributed by atoms with Crippen LogP contribution in [0, 0.1) is 0 Å². The van der Waals surface area contributed by atoms with Crippen molar-refractivity contribution in [2.24, 2.45) is 0 Å². The molecule has 0 aromatic heterocycles. The van der Waals surface area contributed by atoms with Gasteiger partial charge < -0.3 is 5.32 Å². The van der Waals surface area contributed by atoms with Crippen molar-refractivity contribution in [3.63, 3.8) is 0 Å². The van der Waals surface area contributed by atoms with Crippen LogP contribution in [-0.2, 0) is 0 Å². The number of hydrogen-bond donors (Lipinski definition) is 1. The van der Waals surface area contributed by atoms with E-state index in [0.717, 1.165) is 12.3 Å². The number of rotatable bonds is 9. The molecule has 0 aliphatic heterocycles. The normalized spacial score (nSPS) is 12.6. The third-order valence-corrected chi connectivity index (χ3v) is 4.49. The minimum atomic E-state index is 0.647. The summed E-state index contributed by atoms with van der Waals surface area (Å²) in [6.45, 7) is 5.62. The van der Waals surface area contributed by atoms with Crippen LogP contribution in [0.2, 0.25) is 0 Å². The third-order valence-electron chi connectivity index (χ3n) is 2.84. The second-order valence-corrected chi connectivity index (χ2v) is 6.57. The molecule has 1 atom stereocenters. The Morgan fingerprint density at radius 3 is 2.78 bits per heavy atom. The molecule has 18 heavy (non-hydrogen) atoms. The molecule has 0 heterocycles. The zero-order valence-electron chi connectivity index (χ0n) is 11.4. The van der Waals surface area contributed by atoms with Crippen LogP contribution in [0.1, 0.15) is 39.5 Å². The molecule has 0 fully saturated rings. The van der Waals surface area contributed by atoms with E-state index in [-0.39, 0.29) is 0 Å². The van der Waals surface area contributed by atoms with Crippen molar-refractivity contribution in [1.82, 2.24) is 5.32 Å². The van der Waals surface area contributed by atoms with E-state index < -0.39 is 0 Å². The summed E-state index contributed by atoms with van der Waals surface area (Å²) in [6, 6.07) is 9.21. The first-order valence-corrected chi connectivity index (χ1v) is 8.65. The molecular formula is C15H24BrNS. The van der Waals surface area contributed by atoms with E-state index in [1.165, 1.54) is 35.1 Å². The van der Waals surface area contributed by atoms with Gasteiger partial charge in [-0.3, -0.25) is 0 Å². The summed E-state index contributed by atoms with van der Waals surface area (Å²) in [5, 5.41) is 3.66. The lowest BCUT2D eigenvalue weighted by Crippen LogP contribution is -2.31. The Kier molecular flexibility index (Phi) is 8.82. The minimum Gasteiger partial charge on any atom is -0.313 e. The lowest BCUT2D eigenvalue weighted by molar-refractivity contribution is 0.501. The van der Waals surface area contributed by atoms with Crippen LogP contribution in [0.5, 0.6) is 0 Å². The Balaban J connectivity index is 2.39. The lowest BCUT2D eigenvalue weighted by atomic mass is 10.1. The molecule has 1 aromatic rings. The lowest BCUT2D eigenvalue weighted by Gasteiger charge is -2.17. The number of thioether (sulfide) groups is 1. The van der Waals surface area contributed by atoms with Crippen molar-refractivity contribution >= 4 is 27.7 Å². The molecule has 0 saturated carbocycles. The average molecular weight is 330 g/mol. The first kappa shape index (κ1) is 16.1. The summed E-state index contributed by atoms with van der Waals surface area (Å²) in [7, 11) is 0. The van der Waals surface area contributed by atoms with E-state index >= 15 is 0 Å². The molecule has 0 aliphatic carbocycles. The quantitative estimate of drug-likeness (QED) is 0.632. The molecule has 1 unspecified atom stereocenters. The maximum Gasteiger partial charge on any atom is 0.0186 e. The Labute approximate surface area is 124 Å². The van der Waals surface area contributed by atoms with Gasteiger partial charge in [-0.1, -0.05) is 48.7 Å². The Bertz CT molecular complexity index is 322. The molecule has 0 saturated heterocycles. The van der Waals surface area contributed by atoms with Gasteiger partial charge in [0.25, 0.3) is 0 Å². The number of benzene rings is 1. The van der Waals surface area contributed by atoms with Crippen molar-refractivity contribution in [3.8, 4) is 0 Å². The topological polar surface area (TPSA) is 12.0 Å². The van der Waals surface area contributed by atoms with Gasteiger partial charge in [-0.05, 0) is 37.6 Å². The van der Waals surface area contributed by atoms with Crippen LogP contribution >= 0.6 is 27.7 Å². The summed E-state index contributed by atoms with van der Waals surface area (Å²) in [5.74, 6) is 1.16. The largest absolute Gasteiger partial charge is 0.313 e. The van der Waals surface area contributed by atoms with Gasteiger partial charge in [0.15, 0.2) is 0 Å². The molecule has 1 nitrogen and oxygen atoms in total. The van der Waals surface area contributed by atoms with Gasteiger partial charge in [0, 0.05) is 21.2 Å². The van der Waals surface area contributed by atoms with Crippen LogP contribution in [0.25, 0.3) is 0 Å². The van der Waals surface area contributed by atoms with Crippen LogP contribution in [-0.4, -0.2) is 18.3 Å². The maximum absolute atomic E-state index is 3.66. The second kappa shape index (κ2) is 9.88. The van der Waals surface area contributed by atoms with E-state index in [4.69, 9.17) is 0 Å². The van der Waals surface area contributed by atoms with E-state index in [1.54, 1.807) is 0 Å². The van der Waals surface area contributed by atoms with Crippen LogP contribution in [0.15, 0.2) is 33.6 Å². The smallest absolute Gasteiger partial charge is 0.0186 e. The summed E-state index contributed by atoms with van der Waals surface area (Å²) >= 11 is 5.48. The van der Waals surface area contributed by atoms with Gasteiger partial charge in [-0.2, -0.15) is 0 Å². The van der Waals surface area contributed by atoms with Gasteiger partial charge in [0.1, 0.15) is 0 Å². The van der Waals surface area contributed by atoms with Crippen molar-refractivity contribution < 1.29 is 0 Å². The molecule has 0 amide bonds. The number of halogens is 1. The summed E-state index contributed by atoms with van der Waals surface area (Å²) in [4.78, 5) is 1.35. The summed E-state index contributed by atoms with van der Waals surface area (Å²) < 4.78 is 1.17. The second-order valence-electron chi connectivity index (χ2n) is 4.56.